The number of hydrazine groups is 1. The molecule has 1 fully saturated rings. The normalized spacial score (nSPS) is 18.9. The molecule has 2 heterocycles. The van der Waals surface area contributed by atoms with Crippen molar-refractivity contribution in [1.29, 1.82) is 0 Å². The van der Waals surface area contributed by atoms with Gasteiger partial charge in [0.05, 0.1) is 18.9 Å². The molecule has 0 unspecified atom stereocenters. The fourth-order valence-corrected chi connectivity index (χ4v) is 2.23. The van der Waals surface area contributed by atoms with Crippen molar-refractivity contribution < 1.29 is 4.74 Å². The van der Waals surface area contributed by atoms with E-state index in [0.717, 1.165) is 24.4 Å². The number of hydrogen-bond donors (Lipinski definition) is 2. The van der Waals surface area contributed by atoms with Crippen LogP contribution in [0.5, 0.6) is 0 Å². The van der Waals surface area contributed by atoms with Crippen LogP contribution in [0.4, 0.5) is 5.82 Å². The topological polar surface area (TPSA) is 82.2 Å². The Morgan fingerprint density at radius 1 is 1.53 bits per heavy atom. The molecule has 1 aliphatic carbocycles. The molecule has 1 saturated carbocycles. The molecule has 1 aromatic rings. The second-order valence-corrected chi connectivity index (χ2v) is 4.66. The highest BCUT2D eigenvalue weighted by Gasteiger charge is 2.26. The van der Waals surface area contributed by atoms with Crippen LogP contribution in [0.3, 0.4) is 0 Å². The Balaban J connectivity index is 2.10. The van der Waals surface area contributed by atoms with E-state index in [9.17, 15) is 4.79 Å². The summed E-state index contributed by atoms with van der Waals surface area (Å²) in [5.41, 5.74) is 4.13. The molecule has 6 heteroatoms. The summed E-state index contributed by atoms with van der Waals surface area (Å²) in [5, 5.41) is 0. The second-order valence-electron chi connectivity index (χ2n) is 4.66. The van der Waals surface area contributed by atoms with Gasteiger partial charge in [0.25, 0.3) is 5.56 Å². The molecule has 6 nitrogen and oxygen atoms in total. The van der Waals surface area contributed by atoms with E-state index in [1.165, 1.54) is 12.8 Å². The van der Waals surface area contributed by atoms with Crippen LogP contribution in [-0.2, 0) is 24.3 Å². The number of anilines is 1. The maximum absolute atomic E-state index is 12.2. The molecule has 3 rings (SSSR count). The van der Waals surface area contributed by atoms with Gasteiger partial charge in [0, 0.05) is 18.7 Å². The van der Waals surface area contributed by atoms with E-state index in [4.69, 9.17) is 10.6 Å². The zero-order chi connectivity index (χ0) is 11.8. The van der Waals surface area contributed by atoms with E-state index >= 15 is 0 Å². The van der Waals surface area contributed by atoms with Gasteiger partial charge in [-0.25, -0.2) is 10.8 Å². The van der Waals surface area contributed by atoms with Crippen LogP contribution in [0.25, 0.3) is 0 Å². The molecule has 0 spiro atoms. The van der Waals surface area contributed by atoms with Crippen molar-refractivity contribution in [3.05, 3.63) is 21.7 Å². The van der Waals surface area contributed by atoms with Crippen molar-refractivity contribution in [3.63, 3.8) is 0 Å². The van der Waals surface area contributed by atoms with Crippen molar-refractivity contribution in [1.82, 2.24) is 9.55 Å². The molecular weight excluding hydrogens is 220 g/mol. The fourth-order valence-electron chi connectivity index (χ4n) is 2.23. The van der Waals surface area contributed by atoms with E-state index < -0.39 is 0 Å². The first-order chi connectivity index (χ1) is 8.29. The number of nitrogens with zero attached hydrogens (tertiary/aromatic N) is 2. The van der Waals surface area contributed by atoms with Crippen molar-refractivity contribution in [2.45, 2.75) is 32.4 Å². The van der Waals surface area contributed by atoms with Gasteiger partial charge in [-0.3, -0.25) is 4.79 Å². The lowest BCUT2D eigenvalue weighted by Crippen LogP contribution is -2.33. The molecule has 0 bridgehead atoms. The number of hydrogen-bond acceptors (Lipinski definition) is 5. The van der Waals surface area contributed by atoms with Gasteiger partial charge in [0.2, 0.25) is 5.82 Å². The summed E-state index contributed by atoms with van der Waals surface area (Å²) >= 11 is 0. The first-order valence-electron chi connectivity index (χ1n) is 5.96. The molecule has 0 atom stereocenters. The molecule has 1 aromatic heterocycles. The lowest BCUT2D eigenvalue weighted by atomic mass is 10.2. The summed E-state index contributed by atoms with van der Waals surface area (Å²) in [7, 11) is 0. The van der Waals surface area contributed by atoms with Gasteiger partial charge in [-0.05, 0) is 18.8 Å². The van der Waals surface area contributed by atoms with Crippen LogP contribution in [0, 0.1) is 5.92 Å². The largest absolute Gasteiger partial charge is 0.375 e. The highest BCUT2D eigenvalue weighted by atomic mass is 16.5. The van der Waals surface area contributed by atoms with Crippen LogP contribution in [0.1, 0.15) is 24.2 Å². The third kappa shape index (κ3) is 1.94. The minimum absolute atomic E-state index is 0.111. The number of fused-ring (bicyclic) bond motifs is 1. The maximum atomic E-state index is 12.2. The molecule has 2 aliphatic rings. The third-order valence-corrected chi connectivity index (χ3v) is 3.35. The minimum atomic E-state index is -0.111. The van der Waals surface area contributed by atoms with Crippen LogP contribution >= 0.6 is 0 Å². The highest BCUT2D eigenvalue weighted by Crippen LogP contribution is 2.31. The van der Waals surface area contributed by atoms with Crippen molar-refractivity contribution in [2.24, 2.45) is 11.8 Å². The second kappa shape index (κ2) is 4.12. The average molecular weight is 236 g/mol. The summed E-state index contributed by atoms with van der Waals surface area (Å²) in [4.78, 5) is 16.4. The van der Waals surface area contributed by atoms with Crippen LogP contribution in [-0.4, -0.2) is 16.2 Å². The average Bonchev–Trinajstić information content (AvgIpc) is 3.16. The molecule has 3 N–H and O–H groups in total. The van der Waals surface area contributed by atoms with Crippen molar-refractivity contribution >= 4 is 5.82 Å². The molecule has 17 heavy (non-hydrogen) atoms. The van der Waals surface area contributed by atoms with Gasteiger partial charge >= 0.3 is 0 Å². The zero-order valence-corrected chi connectivity index (χ0v) is 9.61. The Bertz CT molecular complexity index is 493. The number of nitrogens with one attached hydrogen (secondary N) is 1. The summed E-state index contributed by atoms with van der Waals surface area (Å²) in [6, 6.07) is 0. The molecule has 1 aliphatic heterocycles. The third-order valence-electron chi connectivity index (χ3n) is 3.35. The number of nitrogen functional groups attached to an aromatic ring is 1. The zero-order valence-electron chi connectivity index (χ0n) is 9.61. The molecule has 0 amide bonds. The SMILES string of the molecule is NNc1nc2c(n(CC3CC3)c1=O)CCOC2. The molecule has 0 radical (unpaired) electrons. The Morgan fingerprint density at radius 3 is 3.06 bits per heavy atom. The van der Waals surface area contributed by atoms with Crippen molar-refractivity contribution in [2.75, 3.05) is 12.0 Å². The molecule has 0 aromatic carbocycles. The lowest BCUT2D eigenvalue weighted by Gasteiger charge is -2.21. The Morgan fingerprint density at radius 2 is 2.35 bits per heavy atom. The Labute approximate surface area is 98.8 Å². The van der Waals surface area contributed by atoms with Gasteiger partial charge < -0.3 is 14.7 Å². The predicted octanol–water partition coefficient (Wildman–Crippen LogP) is 0.0116. The van der Waals surface area contributed by atoms with Crippen LogP contribution in [0.15, 0.2) is 4.79 Å². The first kappa shape index (κ1) is 10.7. The van der Waals surface area contributed by atoms with Gasteiger partial charge in [-0.2, -0.15) is 0 Å². The fraction of sp³-hybridized carbons (Fsp3) is 0.636. The highest BCUT2D eigenvalue weighted by molar-refractivity contribution is 5.34. The minimum Gasteiger partial charge on any atom is -0.375 e. The quantitative estimate of drug-likeness (QED) is 0.570. The van der Waals surface area contributed by atoms with E-state index in [1.54, 1.807) is 0 Å². The maximum Gasteiger partial charge on any atom is 0.294 e. The van der Waals surface area contributed by atoms with E-state index in [1.807, 2.05) is 4.57 Å². The Hall–Kier alpha value is -1.40. The summed E-state index contributed by atoms with van der Waals surface area (Å²) in [6.45, 7) is 1.92. The summed E-state index contributed by atoms with van der Waals surface area (Å²) < 4.78 is 7.20. The predicted molar refractivity (Wildman–Crippen MR) is 62.4 cm³/mol. The van der Waals surface area contributed by atoms with Gasteiger partial charge in [-0.15, -0.1) is 0 Å². The number of aromatic nitrogens is 2. The van der Waals surface area contributed by atoms with Gasteiger partial charge in [0.1, 0.15) is 0 Å². The van der Waals surface area contributed by atoms with Crippen molar-refractivity contribution in [3.8, 4) is 0 Å². The van der Waals surface area contributed by atoms with Gasteiger partial charge in [0.15, 0.2) is 0 Å². The van der Waals surface area contributed by atoms with Gasteiger partial charge in [-0.1, -0.05) is 0 Å². The smallest absolute Gasteiger partial charge is 0.294 e. The van der Waals surface area contributed by atoms with Crippen LogP contribution < -0.4 is 16.8 Å². The van der Waals surface area contributed by atoms with E-state index in [0.29, 0.717) is 19.1 Å². The lowest BCUT2D eigenvalue weighted by molar-refractivity contribution is 0.103. The standard InChI is InChI=1S/C11H16N4O2/c12-14-10-11(16)15(5-7-1-2-7)9-3-4-17-6-8(9)13-10/h7H,1-6,12H2,(H,13,14). The molecule has 0 saturated heterocycles. The monoisotopic (exact) mass is 236 g/mol. The van der Waals surface area contributed by atoms with E-state index in [-0.39, 0.29) is 11.4 Å². The molecular formula is C11H16N4O2. The number of nitrogens with two attached hydrogens (primary N) is 1. The number of ether oxygens (including phenoxy) is 1. The van der Waals surface area contributed by atoms with E-state index in [2.05, 4.69) is 10.4 Å². The summed E-state index contributed by atoms with van der Waals surface area (Å²) in [5.74, 6) is 6.20. The molecule has 92 valence electrons. The Kier molecular flexibility index (Phi) is 2.60. The first-order valence-corrected chi connectivity index (χ1v) is 5.96. The number of rotatable bonds is 3. The van der Waals surface area contributed by atoms with Crippen LogP contribution in [0.2, 0.25) is 0 Å². The summed E-state index contributed by atoms with van der Waals surface area (Å²) in [6.07, 6.45) is 3.19.